The van der Waals surface area contributed by atoms with E-state index in [1.165, 1.54) is 11.1 Å². The van der Waals surface area contributed by atoms with Crippen molar-refractivity contribution in [1.82, 2.24) is 9.88 Å². The van der Waals surface area contributed by atoms with Crippen molar-refractivity contribution >= 4 is 5.82 Å². The first-order valence-electron chi connectivity index (χ1n) is 7.66. The average Bonchev–Trinajstić information content (AvgIpc) is 2.49. The molecule has 0 spiro atoms. The van der Waals surface area contributed by atoms with Crippen molar-refractivity contribution in [3.8, 4) is 0 Å². The number of anilines is 1. The van der Waals surface area contributed by atoms with Gasteiger partial charge in [-0.05, 0) is 32.4 Å². The minimum Gasteiger partial charge on any atom is -0.370 e. The third kappa shape index (κ3) is 4.57. The Labute approximate surface area is 128 Å². The lowest BCUT2D eigenvalue weighted by atomic mass is 10.1. The molecule has 0 fully saturated rings. The van der Waals surface area contributed by atoms with Gasteiger partial charge < -0.3 is 5.32 Å². The van der Waals surface area contributed by atoms with Crippen LogP contribution in [0.3, 0.4) is 0 Å². The lowest BCUT2D eigenvalue weighted by molar-refractivity contribution is 0.204. The summed E-state index contributed by atoms with van der Waals surface area (Å²) in [6.45, 7) is 9.34. The first-order chi connectivity index (χ1) is 10.2. The Balaban J connectivity index is 2.13. The minimum absolute atomic E-state index is 0.486. The molecule has 0 radical (unpaired) electrons. The second kappa shape index (κ2) is 7.79. The van der Waals surface area contributed by atoms with Gasteiger partial charge in [-0.15, -0.1) is 0 Å². The van der Waals surface area contributed by atoms with Crippen molar-refractivity contribution in [2.45, 2.75) is 39.9 Å². The summed E-state index contributed by atoms with van der Waals surface area (Å²) in [7, 11) is 0. The highest BCUT2D eigenvalue weighted by Crippen LogP contribution is 2.18. The summed E-state index contributed by atoms with van der Waals surface area (Å²) in [6, 6.07) is 15.3. The molecule has 0 amide bonds. The van der Waals surface area contributed by atoms with Crippen LogP contribution in [0, 0.1) is 0 Å². The number of hydrogen-bond acceptors (Lipinski definition) is 3. The molecule has 0 aliphatic carbocycles. The summed E-state index contributed by atoms with van der Waals surface area (Å²) >= 11 is 0. The third-order valence-electron chi connectivity index (χ3n) is 3.57. The van der Waals surface area contributed by atoms with Gasteiger partial charge in [-0.1, -0.05) is 36.4 Å². The van der Waals surface area contributed by atoms with E-state index in [4.69, 9.17) is 0 Å². The predicted octanol–water partition coefficient (Wildman–Crippen LogP) is 3.92. The molecule has 3 nitrogen and oxygen atoms in total. The fourth-order valence-corrected chi connectivity index (χ4v) is 2.35. The van der Waals surface area contributed by atoms with Gasteiger partial charge in [-0.3, -0.25) is 4.90 Å². The number of rotatable bonds is 7. The van der Waals surface area contributed by atoms with Crippen LogP contribution in [0.1, 0.15) is 31.9 Å². The molecule has 1 aromatic heterocycles. The summed E-state index contributed by atoms with van der Waals surface area (Å²) in [5.74, 6) is 0.999. The van der Waals surface area contributed by atoms with Crippen LogP contribution in [0.5, 0.6) is 0 Å². The number of pyridine rings is 1. The molecule has 0 saturated heterocycles. The van der Waals surface area contributed by atoms with E-state index < -0.39 is 0 Å². The Morgan fingerprint density at radius 3 is 2.48 bits per heavy atom. The maximum Gasteiger partial charge on any atom is 0.130 e. The van der Waals surface area contributed by atoms with Crippen LogP contribution in [-0.2, 0) is 13.1 Å². The molecule has 0 aliphatic rings. The van der Waals surface area contributed by atoms with Gasteiger partial charge in [0, 0.05) is 37.4 Å². The SMILES string of the molecule is CCNc1ncccc1CN(Cc1ccccc1)C(C)C. The van der Waals surface area contributed by atoms with Crippen molar-refractivity contribution in [2.75, 3.05) is 11.9 Å². The highest BCUT2D eigenvalue weighted by molar-refractivity contribution is 5.43. The second-order valence-corrected chi connectivity index (χ2v) is 5.53. The van der Waals surface area contributed by atoms with Crippen LogP contribution in [0.25, 0.3) is 0 Å². The Bertz CT molecular complexity index is 537. The van der Waals surface area contributed by atoms with E-state index >= 15 is 0 Å². The van der Waals surface area contributed by atoms with E-state index in [1.807, 2.05) is 12.3 Å². The summed E-state index contributed by atoms with van der Waals surface area (Å²) in [5, 5.41) is 3.35. The molecule has 112 valence electrons. The van der Waals surface area contributed by atoms with Crippen LogP contribution >= 0.6 is 0 Å². The number of benzene rings is 1. The molecule has 1 heterocycles. The normalized spacial score (nSPS) is 11.1. The molecule has 2 rings (SSSR count). The maximum atomic E-state index is 4.45. The molecule has 0 saturated carbocycles. The van der Waals surface area contributed by atoms with Crippen LogP contribution in [0.15, 0.2) is 48.7 Å². The molecule has 1 N–H and O–H groups in total. The molecule has 0 atom stereocenters. The number of nitrogens with one attached hydrogen (secondary N) is 1. The first-order valence-corrected chi connectivity index (χ1v) is 7.66. The van der Waals surface area contributed by atoms with E-state index in [9.17, 15) is 0 Å². The zero-order valence-electron chi connectivity index (χ0n) is 13.2. The molecular formula is C18H25N3. The largest absolute Gasteiger partial charge is 0.370 e. The molecule has 21 heavy (non-hydrogen) atoms. The standard InChI is InChI=1S/C18H25N3/c1-4-19-18-17(11-8-12-20-18)14-21(15(2)3)13-16-9-6-5-7-10-16/h5-12,15H,4,13-14H2,1-3H3,(H,19,20). The molecule has 0 bridgehead atoms. The Morgan fingerprint density at radius 1 is 1.05 bits per heavy atom. The smallest absolute Gasteiger partial charge is 0.130 e. The maximum absolute atomic E-state index is 4.45. The van der Waals surface area contributed by atoms with Crippen molar-refractivity contribution in [3.05, 3.63) is 59.8 Å². The second-order valence-electron chi connectivity index (χ2n) is 5.53. The van der Waals surface area contributed by atoms with Gasteiger partial charge >= 0.3 is 0 Å². The van der Waals surface area contributed by atoms with Crippen molar-refractivity contribution in [3.63, 3.8) is 0 Å². The molecule has 0 unspecified atom stereocenters. The van der Waals surface area contributed by atoms with E-state index in [2.05, 4.69) is 72.4 Å². The van der Waals surface area contributed by atoms with Crippen molar-refractivity contribution < 1.29 is 0 Å². The summed E-state index contributed by atoms with van der Waals surface area (Å²) in [5.41, 5.74) is 2.60. The Kier molecular flexibility index (Phi) is 5.76. The summed E-state index contributed by atoms with van der Waals surface area (Å²) < 4.78 is 0. The number of nitrogens with zero attached hydrogens (tertiary/aromatic N) is 2. The molecule has 2 aromatic rings. The van der Waals surface area contributed by atoms with Gasteiger partial charge in [0.05, 0.1) is 0 Å². The average molecular weight is 283 g/mol. The van der Waals surface area contributed by atoms with Gasteiger partial charge in [-0.2, -0.15) is 0 Å². The Hall–Kier alpha value is -1.87. The fraction of sp³-hybridized carbons (Fsp3) is 0.389. The van der Waals surface area contributed by atoms with E-state index in [1.54, 1.807) is 0 Å². The van der Waals surface area contributed by atoms with Gasteiger partial charge in [-0.25, -0.2) is 4.98 Å². The summed E-state index contributed by atoms with van der Waals surface area (Å²) in [4.78, 5) is 6.92. The lowest BCUT2D eigenvalue weighted by Gasteiger charge is -2.27. The quantitative estimate of drug-likeness (QED) is 0.834. The van der Waals surface area contributed by atoms with Crippen LogP contribution in [-0.4, -0.2) is 22.5 Å². The molecule has 1 aromatic carbocycles. The summed E-state index contributed by atoms with van der Waals surface area (Å²) in [6.07, 6.45) is 1.85. The van der Waals surface area contributed by atoms with Gasteiger partial charge in [0.25, 0.3) is 0 Å². The van der Waals surface area contributed by atoms with Gasteiger partial charge in [0.2, 0.25) is 0 Å². The van der Waals surface area contributed by atoms with E-state index in [0.29, 0.717) is 6.04 Å². The monoisotopic (exact) mass is 283 g/mol. The minimum atomic E-state index is 0.486. The zero-order chi connectivity index (χ0) is 15.1. The first kappa shape index (κ1) is 15.5. The van der Waals surface area contributed by atoms with E-state index in [0.717, 1.165) is 25.5 Å². The molecule has 0 aliphatic heterocycles. The Morgan fingerprint density at radius 2 is 1.81 bits per heavy atom. The van der Waals surface area contributed by atoms with Gasteiger partial charge in [0.1, 0.15) is 5.82 Å². The molecular weight excluding hydrogens is 258 g/mol. The lowest BCUT2D eigenvalue weighted by Crippen LogP contribution is -2.30. The van der Waals surface area contributed by atoms with Crippen molar-refractivity contribution in [1.29, 1.82) is 0 Å². The number of hydrogen-bond donors (Lipinski definition) is 1. The van der Waals surface area contributed by atoms with Crippen molar-refractivity contribution in [2.24, 2.45) is 0 Å². The highest BCUT2D eigenvalue weighted by Gasteiger charge is 2.13. The topological polar surface area (TPSA) is 28.2 Å². The predicted molar refractivity (Wildman–Crippen MR) is 89.2 cm³/mol. The van der Waals surface area contributed by atoms with Crippen LogP contribution < -0.4 is 5.32 Å². The van der Waals surface area contributed by atoms with Crippen LogP contribution in [0.4, 0.5) is 5.82 Å². The van der Waals surface area contributed by atoms with E-state index in [-0.39, 0.29) is 0 Å². The van der Waals surface area contributed by atoms with Gasteiger partial charge in [0.15, 0.2) is 0 Å². The highest BCUT2D eigenvalue weighted by atomic mass is 15.1. The third-order valence-corrected chi connectivity index (χ3v) is 3.57. The van der Waals surface area contributed by atoms with Crippen LogP contribution in [0.2, 0.25) is 0 Å². The number of aromatic nitrogens is 1. The molecule has 3 heteroatoms. The zero-order valence-corrected chi connectivity index (χ0v) is 13.2. The fourth-order valence-electron chi connectivity index (χ4n) is 2.35.